The average molecular weight is 361 g/mol. The minimum Gasteiger partial charge on any atom is -0.382 e. The highest BCUT2D eigenvalue weighted by molar-refractivity contribution is 6.04. The van der Waals surface area contributed by atoms with Crippen LogP contribution in [0.15, 0.2) is 54.6 Å². The number of fused-ring (bicyclic) bond motifs is 2. The molecule has 138 valence electrons. The maximum absolute atomic E-state index is 12.8. The number of hydrogen-bond donors (Lipinski definition) is 1. The second kappa shape index (κ2) is 7.12. The van der Waals surface area contributed by atoms with E-state index in [4.69, 9.17) is 0 Å². The van der Waals surface area contributed by atoms with Crippen LogP contribution in [0.1, 0.15) is 31.4 Å². The Bertz CT molecular complexity index is 959. The molecule has 4 nitrogen and oxygen atoms in total. The van der Waals surface area contributed by atoms with Crippen molar-refractivity contribution in [1.29, 1.82) is 0 Å². The Morgan fingerprint density at radius 1 is 1.04 bits per heavy atom. The number of carbonyl (C=O) groups excluding carboxylic acids is 2. The molecule has 1 aliphatic rings. The van der Waals surface area contributed by atoms with Gasteiger partial charge in [-0.2, -0.15) is 0 Å². The van der Waals surface area contributed by atoms with E-state index >= 15 is 0 Å². The highest BCUT2D eigenvalue weighted by Gasteiger charge is 2.48. The van der Waals surface area contributed by atoms with Gasteiger partial charge >= 0.3 is 0 Å². The number of rotatable bonds is 5. The number of nitrogens with zero attached hydrogens (tertiary/aromatic N) is 1. The van der Waals surface area contributed by atoms with Gasteiger partial charge in [-0.05, 0) is 39.6 Å². The number of benzene rings is 3. The van der Waals surface area contributed by atoms with Crippen molar-refractivity contribution in [1.82, 2.24) is 4.90 Å². The molecule has 1 fully saturated rings. The molecule has 1 saturated heterocycles. The van der Waals surface area contributed by atoms with Gasteiger partial charge in [0.1, 0.15) is 12.4 Å². The third-order valence-electron chi connectivity index (χ3n) is 5.62. The molecule has 0 bridgehead atoms. The fourth-order valence-electron chi connectivity index (χ4n) is 4.29. The van der Waals surface area contributed by atoms with E-state index in [1.165, 1.54) is 0 Å². The molecule has 4 rings (SSSR count). The van der Waals surface area contributed by atoms with Gasteiger partial charge < -0.3 is 14.8 Å². The number of aliphatic hydroxyl groups is 1. The van der Waals surface area contributed by atoms with Crippen LogP contribution in [-0.4, -0.2) is 34.8 Å². The lowest BCUT2D eigenvalue weighted by Crippen LogP contribution is -2.32. The molecule has 0 spiro atoms. The molecule has 3 aromatic carbocycles. The topological polar surface area (TPSA) is 57.6 Å². The van der Waals surface area contributed by atoms with Crippen molar-refractivity contribution in [2.75, 3.05) is 6.54 Å². The van der Waals surface area contributed by atoms with Crippen molar-refractivity contribution >= 4 is 33.7 Å². The first-order chi connectivity index (χ1) is 13.2. The monoisotopic (exact) mass is 361 g/mol. The standard InChI is InChI=1S/C23H23NO3/c1-2-3-12-24-21(19(14-25)22(26)23(24)27)20-17-10-6-4-8-15(17)13-16-9-5-7-11-18(16)20/h4-11,13-14,19,21-22,26H,2-3,12H2,1H3. The molecule has 3 aromatic rings. The molecule has 1 N–H and O–H groups in total. The molecule has 3 unspecified atom stereocenters. The van der Waals surface area contributed by atoms with E-state index in [-0.39, 0.29) is 5.91 Å². The number of likely N-dealkylation sites (tertiary alicyclic amines) is 1. The third-order valence-corrected chi connectivity index (χ3v) is 5.62. The van der Waals surface area contributed by atoms with Crippen molar-refractivity contribution in [3.8, 4) is 0 Å². The Morgan fingerprint density at radius 3 is 2.19 bits per heavy atom. The second-order valence-electron chi connectivity index (χ2n) is 7.22. The summed E-state index contributed by atoms with van der Waals surface area (Å²) in [6.45, 7) is 2.61. The van der Waals surface area contributed by atoms with Crippen molar-refractivity contribution in [2.24, 2.45) is 5.92 Å². The van der Waals surface area contributed by atoms with Gasteiger partial charge in [-0.25, -0.2) is 0 Å². The molecule has 1 aliphatic heterocycles. The van der Waals surface area contributed by atoms with Gasteiger partial charge in [-0.3, -0.25) is 4.79 Å². The Balaban J connectivity index is 2.02. The van der Waals surface area contributed by atoms with Crippen LogP contribution in [0.25, 0.3) is 21.5 Å². The van der Waals surface area contributed by atoms with Gasteiger partial charge in [0.25, 0.3) is 5.91 Å². The molecule has 0 aromatic heterocycles. The number of carbonyl (C=O) groups is 2. The minimum atomic E-state index is -1.28. The fraction of sp³-hybridized carbons (Fsp3) is 0.304. The molecule has 1 amide bonds. The number of amides is 1. The maximum Gasteiger partial charge on any atom is 0.252 e. The van der Waals surface area contributed by atoms with E-state index < -0.39 is 18.1 Å². The number of unbranched alkanes of at least 4 members (excludes halogenated alkanes) is 1. The van der Waals surface area contributed by atoms with Crippen molar-refractivity contribution in [3.05, 3.63) is 60.2 Å². The van der Waals surface area contributed by atoms with Crippen LogP contribution in [0.3, 0.4) is 0 Å². The fourth-order valence-corrected chi connectivity index (χ4v) is 4.29. The van der Waals surface area contributed by atoms with Gasteiger partial charge in [0, 0.05) is 6.54 Å². The van der Waals surface area contributed by atoms with Crippen LogP contribution < -0.4 is 0 Å². The summed E-state index contributed by atoms with van der Waals surface area (Å²) in [5, 5.41) is 14.7. The molecule has 0 radical (unpaired) electrons. The summed E-state index contributed by atoms with van der Waals surface area (Å²) in [6, 6.07) is 17.8. The molecule has 4 heteroatoms. The predicted octanol–water partition coefficient (Wildman–Crippen LogP) is 3.85. The zero-order valence-corrected chi connectivity index (χ0v) is 15.3. The highest BCUT2D eigenvalue weighted by atomic mass is 16.3. The van der Waals surface area contributed by atoms with Crippen LogP contribution in [0.2, 0.25) is 0 Å². The molecule has 3 atom stereocenters. The molecule has 0 saturated carbocycles. The van der Waals surface area contributed by atoms with Gasteiger partial charge in [0.15, 0.2) is 0 Å². The third kappa shape index (κ3) is 2.81. The van der Waals surface area contributed by atoms with Crippen LogP contribution in [0.5, 0.6) is 0 Å². The van der Waals surface area contributed by atoms with Crippen molar-refractivity contribution in [2.45, 2.75) is 31.9 Å². The first-order valence-corrected chi connectivity index (χ1v) is 9.51. The van der Waals surface area contributed by atoms with Crippen LogP contribution in [-0.2, 0) is 9.59 Å². The van der Waals surface area contributed by atoms with E-state index in [0.717, 1.165) is 46.2 Å². The summed E-state index contributed by atoms with van der Waals surface area (Å²) < 4.78 is 0. The summed E-state index contributed by atoms with van der Waals surface area (Å²) in [5.74, 6) is -1.11. The average Bonchev–Trinajstić information content (AvgIpc) is 2.94. The number of aliphatic hydroxyl groups excluding tert-OH is 1. The highest BCUT2D eigenvalue weighted by Crippen LogP contribution is 2.43. The number of hydrogen-bond acceptors (Lipinski definition) is 3. The molecular weight excluding hydrogens is 338 g/mol. The Labute approximate surface area is 158 Å². The van der Waals surface area contributed by atoms with E-state index in [1.54, 1.807) is 4.90 Å². The quantitative estimate of drug-likeness (QED) is 0.555. The first-order valence-electron chi connectivity index (χ1n) is 9.51. The smallest absolute Gasteiger partial charge is 0.252 e. The zero-order chi connectivity index (χ0) is 19.0. The van der Waals surface area contributed by atoms with Crippen molar-refractivity contribution in [3.63, 3.8) is 0 Å². The van der Waals surface area contributed by atoms with Crippen molar-refractivity contribution < 1.29 is 14.7 Å². The first kappa shape index (κ1) is 17.7. The summed E-state index contributed by atoms with van der Waals surface area (Å²) in [6.07, 6.45) is 1.25. The molecule has 27 heavy (non-hydrogen) atoms. The second-order valence-corrected chi connectivity index (χ2v) is 7.22. The SMILES string of the molecule is CCCCN1C(=O)C(O)C(C=O)C1c1c2ccccc2cc2ccccc12. The molecular formula is C23H23NO3. The predicted molar refractivity (Wildman–Crippen MR) is 106 cm³/mol. The number of aldehydes is 1. The molecule has 1 heterocycles. The molecule has 0 aliphatic carbocycles. The van der Waals surface area contributed by atoms with E-state index in [2.05, 4.69) is 13.0 Å². The Morgan fingerprint density at radius 2 is 1.63 bits per heavy atom. The van der Waals surface area contributed by atoms with E-state index in [9.17, 15) is 14.7 Å². The van der Waals surface area contributed by atoms with Gasteiger partial charge in [0.05, 0.1) is 12.0 Å². The van der Waals surface area contributed by atoms with Gasteiger partial charge in [-0.1, -0.05) is 61.9 Å². The van der Waals surface area contributed by atoms with E-state index in [1.807, 2.05) is 48.5 Å². The maximum atomic E-state index is 12.8. The lowest BCUT2D eigenvalue weighted by molar-refractivity contribution is -0.136. The van der Waals surface area contributed by atoms with Gasteiger partial charge in [0.2, 0.25) is 0 Å². The lowest BCUT2D eigenvalue weighted by atomic mass is 9.86. The minimum absolute atomic E-state index is 0.345. The lowest BCUT2D eigenvalue weighted by Gasteiger charge is -2.29. The summed E-state index contributed by atoms with van der Waals surface area (Å²) in [5.41, 5.74) is 0.960. The summed E-state index contributed by atoms with van der Waals surface area (Å²) in [7, 11) is 0. The zero-order valence-electron chi connectivity index (χ0n) is 15.3. The largest absolute Gasteiger partial charge is 0.382 e. The normalized spacial score (nSPS) is 22.7. The van der Waals surface area contributed by atoms with Gasteiger partial charge in [-0.15, -0.1) is 0 Å². The van der Waals surface area contributed by atoms with Crippen LogP contribution in [0.4, 0.5) is 0 Å². The Kier molecular flexibility index (Phi) is 4.66. The van der Waals surface area contributed by atoms with Crippen LogP contribution >= 0.6 is 0 Å². The summed E-state index contributed by atoms with van der Waals surface area (Å²) >= 11 is 0. The van der Waals surface area contributed by atoms with E-state index in [0.29, 0.717) is 6.54 Å². The Hall–Kier alpha value is -2.72. The summed E-state index contributed by atoms with van der Waals surface area (Å²) in [4.78, 5) is 26.4. The van der Waals surface area contributed by atoms with Crippen LogP contribution in [0, 0.1) is 5.92 Å².